The van der Waals surface area contributed by atoms with E-state index in [9.17, 15) is 5.11 Å². The summed E-state index contributed by atoms with van der Waals surface area (Å²) in [6.07, 6.45) is 0.369. The van der Waals surface area contributed by atoms with Gasteiger partial charge in [0.05, 0.1) is 6.10 Å². The molecule has 0 aliphatic heterocycles. The second-order valence-corrected chi connectivity index (χ2v) is 6.66. The van der Waals surface area contributed by atoms with E-state index < -0.39 is 0 Å². The molecule has 1 heteroatoms. The minimum atomic E-state index is -0.364. The van der Waals surface area contributed by atoms with Crippen LogP contribution in [0, 0.1) is 0 Å². The molecule has 5 aromatic rings. The number of aliphatic hydroxyl groups excluding tert-OH is 1. The van der Waals surface area contributed by atoms with Crippen molar-refractivity contribution < 1.29 is 5.11 Å². The molecule has 1 aliphatic rings. The molecule has 1 aliphatic carbocycles. The maximum Gasteiger partial charge on any atom is 0.0836 e. The number of fused-ring (bicyclic) bond motifs is 3. The van der Waals surface area contributed by atoms with Gasteiger partial charge < -0.3 is 5.11 Å². The Morgan fingerprint density at radius 1 is 0.696 bits per heavy atom. The number of aliphatic hydroxyl groups is 1. The molecule has 0 radical (unpaired) electrons. The molecule has 0 saturated carbocycles. The van der Waals surface area contributed by atoms with Crippen LogP contribution in [0.4, 0.5) is 0 Å². The lowest BCUT2D eigenvalue weighted by atomic mass is 9.87. The van der Waals surface area contributed by atoms with Gasteiger partial charge in [-0.3, -0.25) is 0 Å². The molecule has 1 unspecified atom stereocenters. The summed E-state index contributed by atoms with van der Waals surface area (Å²) in [5.41, 5.74) is 2.38. The lowest BCUT2D eigenvalue weighted by Gasteiger charge is -2.16. The first-order valence-electron chi connectivity index (χ1n) is 8.12. The number of hydrogen-bond acceptors (Lipinski definition) is 1. The summed E-state index contributed by atoms with van der Waals surface area (Å²) in [4.78, 5) is 0. The van der Waals surface area contributed by atoms with Crippen LogP contribution in [0.1, 0.15) is 17.2 Å². The largest absolute Gasteiger partial charge is 0.388 e. The van der Waals surface area contributed by atoms with E-state index in [0.717, 1.165) is 12.0 Å². The first kappa shape index (κ1) is 11.9. The zero-order valence-corrected chi connectivity index (χ0v) is 12.5. The number of rotatable bonds is 0. The SMILES string of the molecule is OC1Cc2cc3cccc4c5ccccc5c5ccc1c2c5c34. The Kier molecular flexibility index (Phi) is 1.97. The third-order valence-corrected chi connectivity index (χ3v) is 5.51. The maximum absolute atomic E-state index is 10.4. The summed E-state index contributed by atoms with van der Waals surface area (Å²) < 4.78 is 0. The molecule has 1 atom stereocenters. The molecule has 0 spiro atoms. The molecular formula is C22H14O. The third-order valence-electron chi connectivity index (χ3n) is 5.51. The lowest BCUT2D eigenvalue weighted by Crippen LogP contribution is -1.92. The van der Waals surface area contributed by atoms with Gasteiger partial charge in [0.1, 0.15) is 0 Å². The van der Waals surface area contributed by atoms with Crippen LogP contribution < -0.4 is 0 Å². The van der Waals surface area contributed by atoms with Crippen LogP contribution in [0.2, 0.25) is 0 Å². The Labute approximate surface area is 133 Å². The summed E-state index contributed by atoms with van der Waals surface area (Å²) >= 11 is 0. The van der Waals surface area contributed by atoms with Gasteiger partial charge in [0, 0.05) is 6.42 Å². The van der Waals surface area contributed by atoms with Crippen molar-refractivity contribution >= 4 is 43.1 Å². The van der Waals surface area contributed by atoms with Gasteiger partial charge in [0.25, 0.3) is 0 Å². The zero-order chi connectivity index (χ0) is 15.1. The monoisotopic (exact) mass is 294 g/mol. The first-order chi connectivity index (χ1) is 11.3. The fraction of sp³-hybridized carbons (Fsp3) is 0.0909. The van der Waals surface area contributed by atoms with Crippen molar-refractivity contribution in [3.8, 4) is 0 Å². The van der Waals surface area contributed by atoms with Crippen LogP contribution in [0.25, 0.3) is 43.1 Å². The van der Waals surface area contributed by atoms with Gasteiger partial charge in [-0.1, -0.05) is 60.7 Å². The van der Waals surface area contributed by atoms with Crippen molar-refractivity contribution in [2.45, 2.75) is 12.5 Å². The number of hydrogen-bond donors (Lipinski definition) is 1. The van der Waals surface area contributed by atoms with Crippen LogP contribution in [-0.4, -0.2) is 5.11 Å². The molecule has 0 heterocycles. The van der Waals surface area contributed by atoms with E-state index in [4.69, 9.17) is 0 Å². The Morgan fingerprint density at radius 2 is 1.43 bits per heavy atom. The molecule has 0 bridgehead atoms. The highest BCUT2D eigenvalue weighted by Gasteiger charge is 2.26. The summed E-state index contributed by atoms with van der Waals surface area (Å²) in [7, 11) is 0. The molecule has 1 nitrogen and oxygen atoms in total. The van der Waals surface area contributed by atoms with Gasteiger partial charge in [-0.15, -0.1) is 0 Å². The van der Waals surface area contributed by atoms with Crippen LogP contribution in [-0.2, 0) is 6.42 Å². The van der Waals surface area contributed by atoms with E-state index in [1.807, 2.05) is 0 Å². The average Bonchev–Trinajstić information content (AvgIpc) is 2.92. The van der Waals surface area contributed by atoms with Gasteiger partial charge >= 0.3 is 0 Å². The van der Waals surface area contributed by atoms with Gasteiger partial charge in [0.2, 0.25) is 0 Å². The highest BCUT2D eigenvalue weighted by molar-refractivity contribution is 6.34. The summed E-state index contributed by atoms with van der Waals surface area (Å²) in [5, 5.41) is 20.9. The molecule has 1 N–H and O–H groups in total. The second kappa shape index (κ2) is 3.81. The van der Waals surface area contributed by atoms with Gasteiger partial charge in [0.15, 0.2) is 0 Å². The standard InChI is InChI=1S/C22H14O/c23-19-11-13-10-12-4-3-7-16-14-5-1-2-6-15(14)17-8-9-18(19)21(13)22(17)20(12)16/h1-10,19,23H,11H2. The van der Waals surface area contributed by atoms with Crippen molar-refractivity contribution in [3.05, 3.63) is 71.8 Å². The average molecular weight is 294 g/mol. The fourth-order valence-electron chi connectivity index (χ4n) is 4.61. The lowest BCUT2D eigenvalue weighted by molar-refractivity contribution is 0.185. The minimum absolute atomic E-state index is 0.364. The highest BCUT2D eigenvalue weighted by atomic mass is 16.3. The Bertz CT molecular complexity index is 1250. The van der Waals surface area contributed by atoms with Crippen LogP contribution in [0.15, 0.2) is 60.7 Å². The van der Waals surface area contributed by atoms with Crippen molar-refractivity contribution in [2.24, 2.45) is 0 Å². The fourth-order valence-corrected chi connectivity index (χ4v) is 4.61. The van der Waals surface area contributed by atoms with Crippen molar-refractivity contribution in [1.29, 1.82) is 0 Å². The first-order valence-corrected chi connectivity index (χ1v) is 8.12. The van der Waals surface area contributed by atoms with Crippen molar-refractivity contribution in [2.75, 3.05) is 0 Å². The second-order valence-electron chi connectivity index (χ2n) is 6.66. The molecule has 23 heavy (non-hydrogen) atoms. The molecule has 5 aromatic carbocycles. The topological polar surface area (TPSA) is 20.2 Å². The molecule has 0 amide bonds. The molecule has 108 valence electrons. The third kappa shape index (κ3) is 1.29. The van der Waals surface area contributed by atoms with Crippen LogP contribution >= 0.6 is 0 Å². The predicted octanol–water partition coefficient (Wildman–Crippen LogP) is 5.33. The quantitative estimate of drug-likeness (QED) is 0.302. The van der Waals surface area contributed by atoms with Gasteiger partial charge in [-0.25, -0.2) is 0 Å². The van der Waals surface area contributed by atoms with E-state index in [1.54, 1.807) is 0 Å². The van der Waals surface area contributed by atoms with E-state index in [1.165, 1.54) is 48.7 Å². The molecule has 6 rings (SSSR count). The summed E-state index contributed by atoms with van der Waals surface area (Å²) in [6, 6.07) is 21.8. The van der Waals surface area contributed by atoms with Crippen LogP contribution in [0.5, 0.6) is 0 Å². The number of benzene rings is 5. The summed E-state index contributed by atoms with van der Waals surface area (Å²) in [5.74, 6) is 0. The van der Waals surface area contributed by atoms with E-state index in [0.29, 0.717) is 0 Å². The maximum atomic E-state index is 10.4. The van der Waals surface area contributed by atoms with Crippen molar-refractivity contribution in [3.63, 3.8) is 0 Å². The van der Waals surface area contributed by atoms with Gasteiger partial charge in [-0.05, 0) is 54.2 Å². The Balaban J connectivity index is 2.09. The molecular weight excluding hydrogens is 280 g/mol. The summed E-state index contributed by atoms with van der Waals surface area (Å²) in [6.45, 7) is 0. The smallest absolute Gasteiger partial charge is 0.0836 e. The highest BCUT2D eigenvalue weighted by Crippen LogP contribution is 2.47. The Hall–Kier alpha value is -2.64. The normalized spacial score (nSPS) is 17.2. The molecule has 0 fully saturated rings. The van der Waals surface area contributed by atoms with Crippen LogP contribution in [0.3, 0.4) is 0 Å². The van der Waals surface area contributed by atoms with Crippen molar-refractivity contribution in [1.82, 2.24) is 0 Å². The van der Waals surface area contributed by atoms with E-state index in [2.05, 4.69) is 60.7 Å². The predicted molar refractivity (Wildman–Crippen MR) is 96.3 cm³/mol. The minimum Gasteiger partial charge on any atom is -0.388 e. The zero-order valence-electron chi connectivity index (χ0n) is 12.5. The van der Waals surface area contributed by atoms with E-state index in [-0.39, 0.29) is 6.10 Å². The van der Waals surface area contributed by atoms with E-state index >= 15 is 0 Å². The Morgan fingerprint density at radius 3 is 2.26 bits per heavy atom. The molecule has 0 saturated heterocycles. The van der Waals surface area contributed by atoms with Gasteiger partial charge in [-0.2, -0.15) is 0 Å². The molecule has 0 aromatic heterocycles.